The van der Waals surface area contributed by atoms with Gasteiger partial charge in [-0.2, -0.15) is 39.5 Å². The third-order valence-electron chi connectivity index (χ3n) is 3.32. The summed E-state index contributed by atoms with van der Waals surface area (Å²) in [6, 6.07) is 0.571. The van der Waals surface area contributed by atoms with Crippen molar-refractivity contribution in [2.75, 3.05) is 0 Å². The molecule has 0 fully saturated rings. The monoisotopic (exact) mass is 438 g/mol. The normalized spacial score (nSPS) is 14.2. The predicted molar refractivity (Wildman–Crippen MR) is 71.3 cm³/mol. The Morgan fingerprint density at radius 1 is 1.00 bits per heavy atom. The van der Waals surface area contributed by atoms with Crippen molar-refractivity contribution in [3.8, 4) is 0 Å². The first kappa shape index (κ1) is 25.5. The molecule has 1 heterocycles. The summed E-state index contributed by atoms with van der Waals surface area (Å²) in [5.74, 6) is -13.5. The Kier molecular flexibility index (Phi) is 7.07. The molecule has 0 aliphatic rings. The molecule has 0 bridgehead atoms. The topological polar surface area (TPSA) is 66.0 Å². The maximum atomic E-state index is 12.2. The Hall–Kier alpha value is -1.51. The minimum absolute atomic E-state index is 0.571. The fraction of sp³-hybridized carbons (Fsp3) is 0.750. The highest BCUT2D eigenvalue weighted by molar-refractivity contribution is 7.86. The second kappa shape index (κ2) is 7.48. The van der Waals surface area contributed by atoms with Gasteiger partial charge in [0.25, 0.3) is 5.82 Å². The number of alkyl halides is 9. The van der Waals surface area contributed by atoms with Crippen LogP contribution < -0.4 is 4.57 Å². The smallest absolute Gasteiger partial charge is 0.460 e. The predicted octanol–water partition coefficient (Wildman–Crippen LogP) is 3.16. The first-order chi connectivity index (χ1) is 11.6. The Bertz CT molecular complexity index is 755. The zero-order chi connectivity index (χ0) is 22.2. The average Bonchev–Trinajstić information content (AvgIpc) is 2.76. The van der Waals surface area contributed by atoms with Crippen molar-refractivity contribution in [2.45, 2.75) is 50.1 Å². The fourth-order valence-electron chi connectivity index (χ4n) is 1.63. The maximum Gasteiger partial charge on any atom is 0.460 e. The van der Waals surface area contributed by atoms with Gasteiger partial charge in [0.15, 0.2) is 10.1 Å². The summed E-state index contributed by atoms with van der Waals surface area (Å²) in [4.78, 5) is 0. The third kappa shape index (κ3) is 4.67. The van der Waals surface area contributed by atoms with E-state index in [1.165, 1.54) is 5.82 Å². The van der Waals surface area contributed by atoms with Crippen LogP contribution in [0.1, 0.15) is 25.7 Å². The summed E-state index contributed by atoms with van der Waals surface area (Å²) in [6.07, 6.45) is -2.97. The summed E-state index contributed by atoms with van der Waals surface area (Å²) >= 11 is 0. The van der Waals surface area contributed by atoms with Gasteiger partial charge in [0, 0.05) is 6.92 Å². The summed E-state index contributed by atoms with van der Waals surface area (Å²) in [7, 11) is -5.35. The molecule has 5 nitrogen and oxygen atoms in total. The van der Waals surface area contributed by atoms with E-state index in [1.807, 2.05) is 0 Å². The van der Waals surface area contributed by atoms with Gasteiger partial charge in [-0.3, -0.25) is 0 Å². The number of imidazole rings is 1. The van der Waals surface area contributed by atoms with Crippen LogP contribution in [0.25, 0.3) is 0 Å². The summed E-state index contributed by atoms with van der Waals surface area (Å²) < 4.78 is 140. The van der Waals surface area contributed by atoms with Crippen molar-refractivity contribution >= 4 is 10.1 Å². The zero-order valence-corrected chi connectivity index (χ0v) is 15.0. The van der Waals surface area contributed by atoms with Crippen molar-refractivity contribution < 1.29 is 57.1 Å². The molecular formula is C12H15F9N2O3S. The van der Waals surface area contributed by atoms with E-state index in [0.717, 1.165) is 0 Å². The molecule has 1 aromatic heterocycles. The van der Waals surface area contributed by atoms with E-state index in [4.69, 9.17) is 0 Å². The van der Waals surface area contributed by atoms with E-state index in [-0.39, 0.29) is 0 Å². The molecule has 0 aliphatic heterocycles. The molecule has 0 radical (unpaired) electrons. The van der Waals surface area contributed by atoms with Crippen molar-refractivity contribution in [3.05, 3.63) is 18.2 Å². The summed E-state index contributed by atoms with van der Waals surface area (Å²) in [5.41, 5.74) is 0. The van der Waals surface area contributed by atoms with Gasteiger partial charge in [0.2, 0.25) is 0 Å². The minimum Gasteiger partial charge on any atom is -0.743 e. The van der Waals surface area contributed by atoms with Crippen LogP contribution in [0.4, 0.5) is 39.5 Å². The molecule has 1 rings (SSSR count). The number of halogens is 9. The maximum absolute atomic E-state index is 12.2. The SMILES string of the molecule is Cc1n(C(C)C)cc[n+]1C.O=S(=O)([O-])C(F)(F)C(F)(F)C(F)(F)C(F)(F)F. The van der Waals surface area contributed by atoms with Gasteiger partial charge < -0.3 is 4.55 Å². The van der Waals surface area contributed by atoms with Gasteiger partial charge in [-0.15, -0.1) is 0 Å². The highest BCUT2D eigenvalue weighted by Crippen LogP contribution is 2.54. The molecule has 160 valence electrons. The summed E-state index contributed by atoms with van der Waals surface area (Å²) in [5, 5.41) is -7.11. The van der Waals surface area contributed by atoms with Gasteiger partial charge in [0.05, 0.1) is 13.1 Å². The molecule has 15 heteroatoms. The first-order valence-electron chi connectivity index (χ1n) is 6.81. The lowest BCUT2D eigenvalue weighted by molar-refractivity contribution is -0.677. The highest BCUT2D eigenvalue weighted by atomic mass is 32.2. The van der Waals surface area contributed by atoms with Crippen LogP contribution in [-0.2, 0) is 17.2 Å². The quantitative estimate of drug-likeness (QED) is 0.412. The lowest BCUT2D eigenvalue weighted by atomic mass is 10.1. The standard InChI is InChI=1S/C8H15N2.C4HF9O3S/c1-7(2)10-6-5-9(4)8(10)3;5-1(6,3(9,10)11)2(7,8)4(12,13)17(14,15)16/h5-7H,1-4H3;(H,14,15,16)/q+1;/p-1. The largest absolute Gasteiger partial charge is 0.743 e. The number of hydrogen-bond donors (Lipinski definition) is 0. The lowest BCUT2D eigenvalue weighted by Gasteiger charge is -2.34. The van der Waals surface area contributed by atoms with Crippen molar-refractivity contribution in [1.29, 1.82) is 0 Å². The van der Waals surface area contributed by atoms with Crippen LogP contribution in [-0.4, -0.2) is 40.8 Å². The Balaban J connectivity index is 0.000000569. The molecule has 1 aromatic rings. The van der Waals surface area contributed by atoms with Gasteiger partial charge in [-0.1, -0.05) is 0 Å². The van der Waals surface area contributed by atoms with Crippen LogP contribution >= 0.6 is 0 Å². The zero-order valence-electron chi connectivity index (χ0n) is 14.2. The van der Waals surface area contributed by atoms with Crippen molar-refractivity contribution in [3.63, 3.8) is 0 Å². The van der Waals surface area contributed by atoms with Crippen LogP contribution in [0.15, 0.2) is 12.4 Å². The third-order valence-corrected chi connectivity index (χ3v) is 4.21. The number of aryl methyl sites for hydroxylation is 1. The molecule has 0 amide bonds. The van der Waals surface area contributed by atoms with Gasteiger partial charge in [-0.25, -0.2) is 17.6 Å². The molecule has 0 aliphatic carbocycles. The van der Waals surface area contributed by atoms with Crippen LogP contribution in [0.5, 0.6) is 0 Å². The molecule has 27 heavy (non-hydrogen) atoms. The summed E-state index contributed by atoms with van der Waals surface area (Å²) in [6.45, 7) is 6.50. The van der Waals surface area contributed by atoms with Gasteiger partial charge in [0.1, 0.15) is 12.4 Å². The second-order valence-corrected chi connectivity index (χ2v) is 7.00. The van der Waals surface area contributed by atoms with E-state index in [1.54, 1.807) is 0 Å². The number of hydrogen-bond acceptors (Lipinski definition) is 3. The highest BCUT2D eigenvalue weighted by Gasteiger charge is 2.83. The van der Waals surface area contributed by atoms with E-state index in [0.29, 0.717) is 6.04 Å². The van der Waals surface area contributed by atoms with Crippen molar-refractivity contribution in [2.24, 2.45) is 7.05 Å². The van der Waals surface area contributed by atoms with Gasteiger partial charge >= 0.3 is 23.3 Å². The molecular weight excluding hydrogens is 423 g/mol. The molecule has 0 saturated heterocycles. The number of aromatic nitrogens is 2. The second-order valence-electron chi connectivity index (χ2n) is 5.57. The fourth-order valence-corrected chi connectivity index (χ4v) is 2.08. The molecule has 0 atom stereocenters. The number of rotatable bonds is 4. The average molecular weight is 438 g/mol. The molecule has 0 unspecified atom stereocenters. The Morgan fingerprint density at radius 3 is 1.59 bits per heavy atom. The lowest BCUT2D eigenvalue weighted by Crippen LogP contribution is -2.63. The van der Waals surface area contributed by atoms with Crippen LogP contribution in [0.2, 0.25) is 0 Å². The molecule has 0 N–H and O–H groups in total. The van der Waals surface area contributed by atoms with Crippen molar-refractivity contribution in [1.82, 2.24) is 4.57 Å². The minimum atomic E-state index is -7.43. The Morgan fingerprint density at radius 2 is 1.41 bits per heavy atom. The van der Waals surface area contributed by atoms with E-state index < -0.39 is 33.4 Å². The molecule has 0 spiro atoms. The van der Waals surface area contributed by atoms with E-state index in [9.17, 15) is 52.5 Å². The molecule has 0 aromatic carbocycles. The van der Waals surface area contributed by atoms with E-state index >= 15 is 0 Å². The van der Waals surface area contributed by atoms with Crippen LogP contribution in [0.3, 0.4) is 0 Å². The molecule has 0 saturated carbocycles. The first-order valence-corrected chi connectivity index (χ1v) is 8.22. The van der Waals surface area contributed by atoms with E-state index in [2.05, 4.69) is 49.3 Å². The van der Waals surface area contributed by atoms with Gasteiger partial charge in [-0.05, 0) is 13.8 Å². The Labute approximate surface area is 148 Å². The van der Waals surface area contributed by atoms with Crippen LogP contribution in [0, 0.1) is 6.92 Å². The number of nitrogens with zero attached hydrogens (tertiary/aromatic N) is 2.